The number of aryl methyl sites for hydroxylation is 1. The molecule has 0 radical (unpaired) electrons. The molecule has 29 heavy (non-hydrogen) atoms. The minimum absolute atomic E-state index is 0.655. The molecule has 0 fully saturated rings. The monoisotopic (exact) mass is 389 g/mol. The molecule has 0 spiro atoms. The zero-order valence-electron chi connectivity index (χ0n) is 17.6. The Balaban J connectivity index is 1.88. The molecule has 2 aromatic carbocycles. The van der Waals surface area contributed by atoms with Crippen LogP contribution in [0.1, 0.15) is 25.2 Å². The molecule has 0 amide bonds. The van der Waals surface area contributed by atoms with Crippen LogP contribution < -0.4 is 15.1 Å². The van der Waals surface area contributed by atoms with E-state index in [0.29, 0.717) is 5.82 Å². The molecule has 0 atom stereocenters. The van der Waals surface area contributed by atoms with Gasteiger partial charge in [0.2, 0.25) is 0 Å². The average molecular weight is 390 g/mol. The van der Waals surface area contributed by atoms with Crippen LogP contribution in [0.5, 0.6) is 5.75 Å². The Morgan fingerprint density at radius 1 is 1.07 bits per heavy atom. The molecular weight excluding hydrogens is 362 g/mol. The summed E-state index contributed by atoms with van der Waals surface area (Å²) in [4.78, 5) is 11.3. The predicted octanol–water partition coefficient (Wildman–Crippen LogP) is 4.62. The van der Waals surface area contributed by atoms with Crippen molar-refractivity contribution in [3.63, 3.8) is 0 Å². The molecule has 3 rings (SSSR count). The summed E-state index contributed by atoms with van der Waals surface area (Å²) in [5.41, 5.74) is 7.91. The van der Waals surface area contributed by atoms with Crippen LogP contribution >= 0.6 is 0 Å². The predicted molar refractivity (Wildman–Crippen MR) is 120 cm³/mol. The minimum Gasteiger partial charge on any atom is -0.496 e. The van der Waals surface area contributed by atoms with Gasteiger partial charge in [-0.15, -0.1) is 0 Å². The van der Waals surface area contributed by atoms with Crippen molar-refractivity contribution in [2.45, 2.75) is 20.3 Å². The number of rotatable bonds is 7. The third kappa shape index (κ3) is 4.90. The fourth-order valence-electron chi connectivity index (χ4n) is 2.91. The van der Waals surface area contributed by atoms with Crippen molar-refractivity contribution in [3.8, 4) is 17.0 Å². The summed E-state index contributed by atoms with van der Waals surface area (Å²) in [5, 5.41) is 4.52. The lowest BCUT2D eigenvalue weighted by Gasteiger charge is -2.13. The van der Waals surface area contributed by atoms with Gasteiger partial charge >= 0.3 is 0 Å². The number of methoxy groups -OCH3 is 1. The number of anilines is 2. The van der Waals surface area contributed by atoms with Crippen molar-refractivity contribution < 1.29 is 4.74 Å². The molecule has 6 heteroatoms. The maximum atomic E-state index is 5.48. The molecule has 1 N–H and O–H groups in total. The first kappa shape index (κ1) is 20.3. The topological polar surface area (TPSA) is 62.6 Å². The van der Waals surface area contributed by atoms with E-state index in [2.05, 4.69) is 49.7 Å². The molecule has 150 valence electrons. The van der Waals surface area contributed by atoms with E-state index in [1.165, 1.54) is 0 Å². The minimum atomic E-state index is 0.655. The molecule has 0 bridgehead atoms. The van der Waals surface area contributed by atoms with Gasteiger partial charge in [-0.3, -0.25) is 5.43 Å². The van der Waals surface area contributed by atoms with E-state index in [4.69, 9.17) is 4.74 Å². The van der Waals surface area contributed by atoms with Crippen LogP contribution in [0.15, 0.2) is 59.7 Å². The van der Waals surface area contributed by atoms with Gasteiger partial charge in [0.15, 0.2) is 5.82 Å². The Morgan fingerprint density at radius 2 is 1.79 bits per heavy atom. The molecule has 0 unspecified atom stereocenters. The third-order valence-electron chi connectivity index (χ3n) is 4.61. The maximum Gasteiger partial charge on any atom is 0.150 e. The fourth-order valence-corrected chi connectivity index (χ4v) is 2.91. The lowest BCUT2D eigenvalue weighted by atomic mass is 10.1. The van der Waals surface area contributed by atoms with Gasteiger partial charge in [0, 0.05) is 37.8 Å². The number of nitrogens with one attached hydrogen (secondary N) is 1. The quantitative estimate of drug-likeness (QED) is 0.472. The van der Waals surface area contributed by atoms with Crippen LogP contribution in [0, 0.1) is 0 Å². The van der Waals surface area contributed by atoms with Gasteiger partial charge in [0.05, 0.1) is 18.5 Å². The highest BCUT2D eigenvalue weighted by Crippen LogP contribution is 2.29. The lowest BCUT2D eigenvalue weighted by molar-refractivity contribution is 0.416. The normalized spacial score (nSPS) is 11.3. The van der Waals surface area contributed by atoms with E-state index in [1.54, 1.807) is 7.11 Å². The third-order valence-corrected chi connectivity index (χ3v) is 4.61. The molecular formula is C23H27N5O. The summed E-state index contributed by atoms with van der Waals surface area (Å²) in [5.74, 6) is 2.18. The number of nitrogens with zero attached hydrogens (tertiary/aromatic N) is 4. The Hall–Kier alpha value is -3.41. The molecule has 0 saturated heterocycles. The van der Waals surface area contributed by atoms with Gasteiger partial charge in [-0.2, -0.15) is 5.10 Å². The summed E-state index contributed by atoms with van der Waals surface area (Å²) < 4.78 is 5.48. The van der Waals surface area contributed by atoms with E-state index in [0.717, 1.165) is 46.2 Å². The van der Waals surface area contributed by atoms with Crippen molar-refractivity contribution in [3.05, 3.63) is 66.0 Å². The number of ether oxygens (including phenoxy) is 1. The van der Waals surface area contributed by atoms with Crippen LogP contribution in [-0.4, -0.2) is 36.9 Å². The molecule has 0 aliphatic rings. The first-order chi connectivity index (χ1) is 14.0. The van der Waals surface area contributed by atoms with E-state index in [-0.39, 0.29) is 0 Å². The smallest absolute Gasteiger partial charge is 0.150 e. The summed E-state index contributed by atoms with van der Waals surface area (Å²) in [7, 11) is 5.71. The SMILES string of the molecule is CCc1nc(N/N=C(\C)c2ccc(N(C)C)cc2)cc(-c2ccccc2OC)n1. The van der Waals surface area contributed by atoms with Gasteiger partial charge in [0.1, 0.15) is 11.6 Å². The molecule has 0 aliphatic heterocycles. The van der Waals surface area contributed by atoms with Gasteiger partial charge in [-0.05, 0) is 36.8 Å². The van der Waals surface area contributed by atoms with Crippen molar-refractivity contribution in [2.75, 3.05) is 31.5 Å². The number of hydrazone groups is 1. The zero-order chi connectivity index (χ0) is 20.8. The van der Waals surface area contributed by atoms with Crippen molar-refractivity contribution in [1.82, 2.24) is 9.97 Å². The van der Waals surface area contributed by atoms with E-state index in [1.807, 2.05) is 58.3 Å². The van der Waals surface area contributed by atoms with Crippen LogP contribution in [0.3, 0.4) is 0 Å². The number of aromatic nitrogens is 2. The Labute approximate surface area is 172 Å². The Kier molecular flexibility index (Phi) is 6.44. The summed E-state index contributed by atoms with van der Waals surface area (Å²) in [6, 6.07) is 18.0. The number of para-hydroxylation sites is 1. The molecule has 1 aromatic heterocycles. The first-order valence-electron chi connectivity index (χ1n) is 9.61. The number of hydrogen-bond acceptors (Lipinski definition) is 6. The molecule has 3 aromatic rings. The summed E-state index contributed by atoms with van der Waals surface area (Å²) in [6.07, 6.45) is 0.729. The highest BCUT2D eigenvalue weighted by atomic mass is 16.5. The van der Waals surface area contributed by atoms with Crippen LogP contribution in [-0.2, 0) is 6.42 Å². The van der Waals surface area contributed by atoms with Crippen LogP contribution in [0.25, 0.3) is 11.3 Å². The highest BCUT2D eigenvalue weighted by Gasteiger charge is 2.10. The maximum absolute atomic E-state index is 5.48. The second kappa shape index (κ2) is 9.19. The number of hydrogen-bond donors (Lipinski definition) is 1. The van der Waals surface area contributed by atoms with E-state index >= 15 is 0 Å². The fraction of sp³-hybridized carbons (Fsp3) is 0.261. The largest absolute Gasteiger partial charge is 0.496 e. The second-order valence-corrected chi connectivity index (χ2v) is 6.86. The summed E-state index contributed by atoms with van der Waals surface area (Å²) in [6.45, 7) is 4.01. The zero-order valence-corrected chi connectivity index (χ0v) is 17.6. The van der Waals surface area contributed by atoms with Crippen LogP contribution in [0.4, 0.5) is 11.5 Å². The van der Waals surface area contributed by atoms with Crippen molar-refractivity contribution in [1.29, 1.82) is 0 Å². The first-order valence-corrected chi connectivity index (χ1v) is 9.61. The molecule has 0 aliphatic carbocycles. The van der Waals surface area contributed by atoms with Crippen molar-refractivity contribution in [2.24, 2.45) is 5.10 Å². The van der Waals surface area contributed by atoms with Gasteiger partial charge in [0.25, 0.3) is 0 Å². The van der Waals surface area contributed by atoms with Gasteiger partial charge < -0.3 is 9.64 Å². The second-order valence-electron chi connectivity index (χ2n) is 6.86. The standard InChI is InChI=1S/C23H27N5O/c1-6-22-24-20(19-9-7-8-10-21(19)29-5)15-23(25-22)27-26-16(2)17-11-13-18(14-12-17)28(3)4/h7-15H,6H2,1-5H3,(H,24,25,27)/b26-16+. The molecule has 6 nitrogen and oxygen atoms in total. The number of benzene rings is 2. The van der Waals surface area contributed by atoms with Gasteiger partial charge in [-0.1, -0.05) is 31.2 Å². The van der Waals surface area contributed by atoms with E-state index < -0.39 is 0 Å². The van der Waals surface area contributed by atoms with Crippen molar-refractivity contribution >= 4 is 17.2 Å². The van der Waals surface area contributed by atoms with Gasteiger partial charge in [-0.25, -0.2) is 9.97 Å². The average Bonchev–Trinajstić information content (AvgIpc) is 2.77. The summed E-state index contributed by atoms with van der Waals surface area (Å²) >= 11 is 0. The lowest BCUT2D eigenvalue weighted by Crippen LogP contribution is -2.09. The van der Waals surface area contributed by atoms with E-state index in [9.17, 15) is 0 Å². The van der Waals surface area contributed by atoms with Crippen LogP contribution in [0.2, 0.25) is 0 Å². The molecule has 1 heterocycles. The Bertz CT molecular complexity index is 996. The highest BCUT2D eigenvalue weighted by molar-refractivity contribution is 5.99. The Morgan fingerprint density at radius 3 is 2.45 bits per heavy atom. The molecule has 0 saturated carbocycles.